The maximum absolute atomic E-state index is 10.7. The number of rotatable bonds is 3. The van der Waals surface area contributed by atoms with Crippen molar-refractivity contribution in [3.05, 3.63) is 41.3 Å². The van der Waals surface area contributed by atoms with Crippen LogP contribution in [0.2, 0.25) is 0 Å². The third kappa shape index (κ3) is 2.28. The summed E-state index contributed by atoms with van der Waals surface area (Å²) in [6, 6.07) is 9.83. The third-order valence-electron chi connectivity index (χ3n) is 2.22. The lowest BCUT2D eigenvalue weighted by Crippen LogP contribution is -1.91. The smallest absolute Gasteiger partial charge is 0.336 e. The number of hydrogen-bond donors (Lipinski definition) is 1. The molecule has 0 amide bonds. The van der Waals surface area contributed by atoms with Crippen LogP contribution < -0.4 is 0 Å². The van der Waals surface area contributed by atoms with Gasteiger partial charge in [0.15, 0.2) is 0 Å². The van der Waals surface area contributed by atoms with Crippen molar-refractivity contribution < 1.29 is 9.90 Å². The molecule has 0 aliphatic rings. The van der Waals surface area contributed by atoms with Crippen LogP contribution in [0.3, 0.4) is 0 Å². The van der Waals surface area contributed by atoms with Gasteiger partial charge in [0.25, 0.3) is 0 Å². The van der Waals surface area contributed by atoms with E-state index in [2.05, 4.69) is 0 Å². The van der Waals surface area contributed by atoms with Crippen molar-refractivity contribution in [2.45, 2.75) is 4.90 Å². The topological polar surface area (TPSA) is 37.3 Å². The first-order valence-electron chi connectivity index (χ1n) is 4.67. The summed E-state index contributed by atoms with van der Waals surface area (Å²) in [6.45, 7) is 0. The molecular weight excluding hydrogens is 240 g/mol. The van der Waals surface area contributed by atoms with E-state index in [1.165, 1.54) is 16.2 Å². The molecule has 16 heavy (non-hydrogen) atoms. The Labute approximate surface area is 102 Å². The van der Waals surface area contributed by atoms with Crippen molar-refractivity contribution in [3.63, 3.8) is 0 Å². The number of aromatic carboxylic acids is 1. The van der Waals surface area contributed by atoms with Crippen LogP contribution in [-0.2, 0) is 0 Å². The Morgan fingerprint density at radius 2 is 2.00 bits per heavy atom. The van der Waals surface area contributed by atoms with E-state index in [0.717, 1.165) is 10.4 Å². The van der Waals surface area contributed by atoms with E-state index in [1.54, 1.807) is 23.2 Å². The highest BCUT2D eigenvalue weighted by Gasteiger charge is 2.07. The van der Waals surface area contributed by atoms with Gasteiger partial charge in [-0.2, -0.15) is 0 Å². The van der Waals surface area contributed by atoms with Gasteiger partial charge in [-0.25, -0.2) is 4.79 Å². The predicted octanol–water partition coefficient (Wildman–Crippen LogP) is 3.84. The fraction of sp³-hybridized carbons (Fsp3) is 0.0833. The Hall–Kier alpha value is -1.26. The van der Waals surface area contributed by atoms with E-state index in [1.807, 2.05) is 30.5 Å². The molecule has 0 spiro atoms. The molecule has 2 nitrogen and oxygen atoms in total. The van der Waals surface area contributed by atoms with Gasteiger partial charge < -0.3 is 5.11 Å². The van der Waals surface area contributed by atoms with Crippen molar-refractivity contribution in [3.8, 4) is 10.4 Å². The molecule has 2 aromatic rings. The molecule has 0 radical (unpaired) electrons. The highest BCUT2D eigenvalue weighted by molar-refractivity contribution is 7.98. The first-order chi connectivity index (χ1) is 7.70. The van der Waals surface area contributed by atoms with Crippen LogP contribution >= 0.6 is 23.1 Å². The lowest BCUT2D eigenvalue weighted by Gasteiger charge is -1.98. The average molecular weight is 250 g/mol. The minimum atomic E-state index is -0.872. The molecule has 0 aliphatic heterocycles. The van der Waals surface area contributed by atoms with Gasteiger partial charge in [0, 0.05) is 15.2 Å². The lowest BCUT2D eigenvalue weighted by atomic mass is 10.2. The summed E-state index contributed by atoms with van der Waals surface area (Å²) < 4.78 is 0. The van der Waals surface area contributed by atoms with Gasteiger partial charge in [0.2, 0.25) is 0 Å². The van der Waals surface area contributed by atoms with Crippen molar-refractivity contribution in [2.75, 3.05) is 6.26 Å². The fourth-order valence-corrected chi connectivity index (χ4v) is 2.65. The van der Waals surface area contributed by atoms with E-state index in [9.17, 15) is 4.79 Å². The van der Waals surface area contributed by atoms with Gasteiger partial charge in [-0.3, -0.25) is 0 Å². The number of thioether (sulfide) groups is 1. The molecular formula is C12H10O2S2. The standard InChI is InChI=1S/C12H10O2S2/c1-15-10-4-2-8(3-5-10)11-6-9(7-16-11)12(13)14/h2-7H,1H3,(H,13,14). The zero-order chi connectivity index (χ0) is 11.5. The number of carboxylic acids is 1. The van der Waals surface area contributed by atoms with Gasteiger partial charge in [0.05, 0.1) is 5.56 Å². The number of benzene rings is 1. The van der Waals surface area contributed by atoms with E-state index in [4.69, 9.17) is 5.11 Å². The molecule has 0 unspecified atom stereocenters. The summed E-state index contributed by atoms with van der Waals surface area (Å²) in [5.41, 5.74) is 1.42. The molecule has 1 aromatic heterocycles. The van der Waals surface area contributed by atoms with Gasteiger partial charge in [0.1, 0.15) is 0 Å². The Kier molecular flexibility index (Phi) is 3.31. The molecule has 1 heterocycles. The van der Waals surface area contributed by atoms with Crippen LogP contribution in [0.1, 0.15) is 10.4 Å². The fourth-order valence-electron chi connectivity index (χ4n) is 1.36. The van der Waals surface area contributed by atoms with E-state index < -0.39 is 5.97 Å². The van der Waals surface area contributed by atoms with Gasteiger partial charge in [-0.05, 0) is 30.0 Å². The molecule has 82 valence electrons. The molecule has 0 bridgehead atoms. The molecule has 1 N–H and O–H groups in total. The average Bonchev–Trinajstić information content (AvgIpc) is 2.78. The molecule has 1 aromatic carbocycles. The highest BCUT2D eigenvalue weighted by Crippen LogP contribution is 2.28. The first-order valence-corrected chi connectivity index (χ1v) is 6.77. The van der Waals surface area contributed by atoms with Gasteiger partial charge in [-0.1, -0.05) is 12.1 Å². The first kappa shape index (κ1) is 11.2. The summed E-state index contributed by atoms with van der Waals surface area (Å²) in [6.07, 6.45) is 2.03. The highest BCUT2D eigenvalue weighted by atomic mass is 32.2. The van der Waals surface area contributed by atoms with Gasteiger partial charge in [-0.15, -0.1) is 23.1 Å². The molecule has 0 fully saturated rings. The Morgan fingerprint density at radius 1 is 1.31 bits per heavy atom. The minimum absolute atomic E-state index is 0.356. The van der Waals surface area contributed by atoms with Crippen molar-refractivity contribution in [2.24, 2.45) is 0 Å². The number of carboxylic acid groups (broad SMARTS) is 1. The zero-order valence-corrected chi connectivity index (χ0v) is 10.3. The van der Waals surface area contributed by atoms with Crippen LogP contribution in [0.4, 0.5) is 0 Å². The van der Waals surface area contributed by atoms with Gasteiger partial charge >= 0.3 is 5.97 Å². The second kappa shape index (κ2) is 4.72. The monoisotopic (exact) mass is 250 g/mol. The van der Waals surface area contributed by atoms with E-state index >= 15 is 0 Å². The molecule has 4 heteroatoms. The summed E-state index contributed by atoms with van der Waals surface area (Å²) >= 11 is 3.15. The van der Waals surface area contributed by atoms with Crippen LogP contribution in [0, 0.1) is 0 Å². The largest absolute Gasteiger partial charge is 0.478 e. The molecule has 2 rings (SSSR count). The number of thiophene rings is 1. The summed E-state index contributed by atoms with van der Waals surface area (Å²) in [5, 5.41) is 10.5. The summed E-state index contributed by atoms with van der Waals surface area (Å²) in [7, 11) is 0. The quantitative estimate of drug-likeness (QED) is 0.841. The second-order valence-corrected chi connectivity index (χ2v) is 5.02. The van der Waals surface area contributed by atoms with E-state index in [0.29, 0.717) is 5.56 Å². The van der Waals surface area contributed by atoms with Crippen molar-refractivity contribution in [1.82, 2.24) is 0 Å². The summed E-state index contributed by atoms with van der Waals surface area (Å²) in [4.78, 5) is 12.9. The minimum Gasteiger partial charge on any atom is -0.478 e. The lowest BCUT2D eigenvalue weighted by molar-refractivity contribution is 0.0697. The maximum atomic E-state index is 10.7. The van der Waals surface area contributed by atoms with E-state index in [-0.39, 0.29) is 0 Å². The predicted molar refractivity (Wildman–Crippen MR) is 68.5 cm³/mol. The van der Waals surface area contributed by atoms with Crippen LogP contribution in [0.15, 0.2) is 40.6 Å². The summed E-state index contributed by atoms with van der Waals surface area (Å²) in [5.74, 6) is -0.872. The SMILES string of the molecule is CSc1ccc(-c2cc(C(=O)O)cs2)cc1. The van der Waals surface area contributed by atoms with Crippen LogP contribution in [0.25, 0.3) is 10.4 Å². The Morgan fingerprint density at radius 3 is 2.50 bits per heavy atom. The molecule has 0 saturated carbocycles. The van der Waals surface area contributed by atoms with Crippen molar-refractivity contribution >= 4 is 29.1 Å². The molecule has 0 saturated heterocycles. The Bertz CT molecular complexity index is 500. The zero-order valence-electron chi connectivity index (χ0n) is 8.64. The maximum Gasteiger partial charge on any atom is 0.336 e. The van der Waals surface area contributed by atoms with Crippen molar-refractivity contribution in [1.29, 1.82) is 0 Å². The van der Waals surface area contributed by atoms with Crippen LogP contribution in [-0.4, -0.2) is 17.3 Å². The molecule has 0 aliphatic carbocycles. The molecule has 0 atom stereocenters. The van der Waals surface area contributed by atoms with Crippen LogP contribution in [0.5, 0.6) is 0 Å². The third-order valence-corrected chi connectivity index (χ3v) is 3.94. The Balaban J connectivity index is 2.31. The second-order valence-electron chi connectivity index (χ2n) is 3.23. The number of hydrogen-bond acceptors (Lipinski definition) is 3. The number of carbonyl (C=O) groups is 1. The normalized spacial score (nSPS) is 10.3.